The van der Waals surface area contributed by atoms with Crippen molar-refractivity contribution in [3.63, 3.8) is 0 Å². The number of rotatable bonds is 1. The van der Waals surface area contributed by atoms with Gasteiger partial charge in [-0.15, -0.1) is 11.3 Å². The van der Waals surface area contributed by atoms with E-state index in [1.807, 2.05) is 12.3 Å². The van der Waals surface area contributed by atoms with Gasteiger partial charge < -0.3 is 4.90 Å². The van der Waals surface area contributed by atoms with Crippen molar-refractivity contribution >= 4 is 42.2 Å². The topological polar surface area (TPSA) is 50.3 Å². The molecular weight excluding hydrogens is 300 g/mol. The Hall–Kier alpha value is -0.140. The Balaban J connectivity index is 2.19. The van der Waals surface area contributed by atoms with Crippen LogP contribution in [0.5, 0.6) is 0 Å². The highest BCUT2D eigenvalue weighted by Crippen LogP contribution is 2.27. The summed E-state index contributed by atoms with van der Waals surface area (Å²) in [5, 5.41) is 2.80. The monoisotopic (exact) mass is 310 g/mol. The number of aromatic nitrogens is 1. The Morgan fingerprint density at radius 1 is 1.67 bits per heavy atom. The minimum absolute atomic E-state index is 0.0156. The van der Waals surface area contributed by atoms with Crippen molar-refractivity contribution in [1.82, 2.24) is 4.98 Å². The highest BCUT2D eigenvalue weighted by Gasteiger charge is 2.29. The SMILES string of the molecule is CC1CS(=O)(=O)CCN1c1nc(Br)cs1. The Bertz CT molecular complexity index is 457. The van der Waals surface area contributed by atoms with Gasteiger partial charge in [0, 0.05) is 18.0 Å². The minimum atomic E-state index is -2.84. The first-order valence-electron chi connectivity index (χ1n) is 4.56. The first-order chi connectivity index (χ1) is 6.98. The first kappa shape index (κ1) is 11.3. The zero-order valence-corrected chi connectivity index (χ0v) is 11.4. The average molecular weight is 311 g/mol. The Morgan fingerprint density at radius 3 is 2.93 bits per heavy atom. The van der Waals surface area contributed by atoms with Crippen LogP contribution in [0.4, 0.5) is 5.13 Å². The fraction of sp³-hybridized carbons (Fsp3) is 0.625. The molecule has 1 aliphatic heterocycles. The van der Waals surface area contributed by atoms with Crippen LogP contribution in [0.3, 0.4) is 0 Å². The fourth-order valence-electron chi connectivity index (χ4n) is 1.66. The van der Waals surface area contributed by atoms with E-state index in [0.717, 1.165) is 9.73 Å². The van der Waals surface area contributed by atoms with Crippen molar-refractivity contribution in [2.75, 3.05) is 23.0 Å². The number of thiazole rings is 1. The van der Waals surface area contributed by atoms with Gasteiger partial charge >= 0.3 is 0 Å². The lowest BCUT2D eigenvalue weighted by Gasteiger charge is -2.32. The van der Waals surface area contributed by atoms with Crippen LogP contribution in [0.2, 0.25) is 0 Å². The molecule has 1 aromatic rings. The van der Waals surface area contributed by atoms with E-state index in [4.69, 9.17) is 0 Å². The summed E-state index contributed by atoms with van der Waals surface area (Å²) < 4.78 is 23.6. The van der Waals surface area contributed by atoms with Crippen molar-refractivity contribution in [1.29, 1.82) is 0 Å². The molecule has 2 rings (SSSR count). The summed E-state index contributed by atoms with van der Waals surface area (Å²) in [6, 6.07) is 0.0156. The molecule has 0 aromatic carbocycles. The average Bonchev–Trinajstić information content (AvgIpc) is 2.50. The van der Waals surface area contributed by atoms with Gasteiger partial charge in [0.2, 0.25) is 0 Å². The lowest BCUT2D eigenvalue weighted by molar-refractivity contribution is 0.568. The molecule has 0 saturated carbocycles. The highest BCUT2D eigenvalue weighted by molar-refractivity contribution is 9.10. The van der Waals surface area contributed by atoms with E-state index in [2.05, 4.69) is 25.8 Å². The van der Waals surface area contributed by atoms with Crippen LogP contribution in [-0.4, -0.2) is 37.5 Å². The lowest BCUT2D eigenvalue weighted by atomic mass is 10.3. The van der Waals surface area contributed by atoms with Crippen LogP contribution in [0, 0.1) is 0 Å². The van der Waals surface area contributed by atoms with Gasteiger partial charge in [0.05, 0.1) is 11.5 Å². The molecule has 15 heavy (non-hydrogen) atoms. The Morgan fingerprint density at radius 2 is 2.40 bits per heavy atom. The summed E-state index contributed by atoms with van der Waals surface area (Å²) in [7, 11) is -2.84. The van der Waals surface area contributed by atoms with Crippen LogP contribution in [0.25, 0.3) is 0 Å². The van der Waals surface area contributed by atoms with Gasteiger partial charge in [0.15, 0.2) is 15.0 Å². The van der Waals surface area contributed by atoms with E-state index in [1.165, 1.54) is 11.3 Å². The second-order valence-electron chi connectivity index (χ2n) is 3.61. The number of sulfone groups is 1. The largest absolute Gasteiger partial charge is 0.343 e. The zero-order valence-electron chi connectivity index (χ0n) is 8.18. The van der Waals surface area contributed by atoms with Gasteiger partial charge in [-0.1, -0.05) is 0 Å². The predicted octanol–water partition coefficient (Wildman–Crippen LogP) is 1.53. The minimum Gasteiger partial charge on any atom is -0.343 e. The summed E-state index contributed by atoms with van der Waals surface area (Å²) in [6.07, 6.45) is 0. The molecule has 1 atom stereocenters. The van der Waals surface area contributed by atoms with Crippen LogP contribution < -0.4 is 4.90 Å². The molecule has 0 aliphatic carbocycles. The summed E-state index contributed by atoms with van der Waals surface area (Å²) in [4.78, 5) is 6.35. The zero-order chi connectivity index (χ0) is 11.1. The standard InChI is InChI=1S/C8H11BrN2O2S2/c1-6-5-15(12,13)3-2-11(6)8-10-7(9)4-14-8/h4,6H,2-3,5H2,1H3. The lowest BCUT2D eigenvalue weighted by Crippen LogP contribution is -2.46. The summed E-state index contributed by atoms with van der Waals surface area (Å²) in [5.41, 5.74) is 0. The second kappa shape index (κ2) is 4.03. The highest BCUT2D eigenvalue weighted by atomic mass is 79.9. The molecule has 1 aliphatic rings. The van der Waals surface area contributed by atoms with E-state index in [1.54, 1.807) is 0 Å². The van der Waals surface area contributed by atoms with E-state index >= 15 is 0 Å². The maximum absolute atomic E-state index is 11.4. The quantitative estimate of drug-likeness (QED) is 0.789. The first-order valence-corrected chi connectivity index (χ1v) is 8.05. The van der Waals surface area contributed by atoms with Crippen molar-refractivity contribution in [3.05, 3.63) is 9.98 Å². The van der Waals surface area contributed by atoms with Gasteiger partial charge in [-0.05, 0) is 22.9 Å². The van der Waals surface area contributed by atoms with Crippen molar-refractivity contribution < 1.29 is 8.42 Å². The normalized spacial score (nSPS) is 25.5. The van der Waals surface area contributed by atoms with E-state index in [0.29, 0.717) is 6.54 Å². The van der Waals surface area contributed by atoms with Crippen LogP contribution in [0.1, 0.15) is 6.92 Å². The van der Waals surface area contributed by atoms with Gasteiger partial charge in [-0.25, -0.2) is 13.4 Å². The molecule has 7 heteroatoms. The van der Waals surface area contributed by atoms with Crippen molar-refractivity contribution in [2.45, 2.75) is 13.0 Å². The molecule has 0 bridgehead atoms. The van der Waals surface area contributed by atoms with Crippen LogP contribution in [-0.2, 0) is 9.84 Å². The Kier molecular flexibility index (Phi) is 3.05. The third-order valence-corrected chi connectivity index (χ3v) is 5.76. The molecule has 1 aromatic heterocycles. The predicted molar refractivity (Wildman–Crippen MR) is 65.3 cm³/mol. The number of anilines is 1. The van der Waals surface area contributed by atoms with Gasteiger partial charge in [-0.2, -0.15) is 0 Å². The summed E-state index contributed by atoms with van der Waals surface area (Å²) >= 11 is 4.83. The fourth-order valence-corrected chi connectivity index (χ4v) is 4.60. The molecular formula is C8H11BrN2O2S2. The molecule has 0 spiro atoms. The van der Waals surface area contributed by atoms with Crippen molar-refractivity contribution in [2.24, 2.45) is 0 Å². The third kappa shape index (κ3) is 2.51. The molecule has 0 N–H and O–H groups in total. The summed E-state index contributed by atoms with van der Waals surface area (Å²) in [6.45, 7) is 2.47. The van der Waals surface area contributed by atoms with Gasteiger partial charge in [-0.3, -0.25) is 0 Å². The maximum atomic E-state index is 11.4. The van der Waals surface area contributed by atoms with Crippen LogP contribution in [0.15, 0.2) is 9.98 Å². The third-order valence-electron chi connectivity index (χ3n) is 2.38. The van der Waals surface area contributed by atoms with E-state index in [9.17, 15) is 8.42 Å². The number of halogens is 1. The number of hydrogen-bond acceptors (Lipinski definition) is 5. The molecule has 0 radical (unpaired) electrons. The maximum Gasteiger partial charge on any atom is 0.186 e. The number of hydrogen-bond donors (Lipinski definition) is 0. The van der Waals surface area contributed by atoms with Gasteiger partial charge in [0.25, 0.3) is 0 Å². The molecule has 2 heterocycles. The van der Waals surface area contributed by atoms with Gasteiger partial charge in [0.1, 0.15) is 4.60 Å². The summed E-state index contributed by atoms with van der Waals surface area (Å²) in [5.74, 6) is 0.457. The smallest absolute Gasteiger partial charge is 0.186 e. The molecule has 4 nitrogen and oxygen atoms in total. The van der Waals surface area contributed by atoms with E-state index < -0.39 is 9.84 Å². The second-order valence-corrected chi connectivity index (χ2v) is 7.49. The molecule has 1 saturated heterocycles. The molecule has 1 unspecified atom stereocenters. The van der Waals surface area contributed by atoms with E-state index in [-0.39, 0.29) is 17.5 Å². The van der Waals surface area contributed by atoms with Crippen molar-refractivity contribution in [3.8, 4) is 0 Å². The molecule has 1 fully saturated rings. The van der Waals surface area contributed by atoms with Crippen LogP contribution >= 0.6 is 27.3 Å². The molecule has 0 amide bonds. The molecule has 84 valence electrons. The Labute approximate surface area is 101 Å². The number of nitrogens with zero attached hydrogens (tertiary/aromatic N) is 2.